The predicted molar refractivity (Wildman–Crippen MR) is 80.8 cm³/mol. The number of hydrogen-bond donors (Lipinski definition) is 2. The third kappa shape index (κ3) is 4.09. The lowest BCUT2D eigenvalue weighted by molar-refractivity contribution is -0.143. The molecule has 0 aromatic rings. The molecule has 0 bridgehead atoms. The van der Waals surface area contributed by atoms with E-state index >= 15 is 0 Å². The number of rotatable bonds is 3. The topological polar surface area (TPSA) is 61.4 Å². The van der Waals surface area contributed by atoms with E-state index in [0.29, 0.717) is 31.3 Å². The fourth-order valence-electron chi connectivity index (χ4n) is 3.10. The number of hydrogen-bond acceptors (Lipinski definition) is 3. The van der Waals surface area contributed by atoms with Gasteiger partial charge in [-0.3, -0.25) is 9.59 Å². The molecule has 20 heavy (non-hydrogen) atoms. The quantitative estimate of drug-likeness (QED) is 0.810. The second-order valence-corrected chi connectivity index (χ2v) is 5.82. The minimum Gasteiger partial charge on any atom is -0.353 e. The zero-order valence-electron chi connectivity index (χ0n) is 12.4. The smallest absolute Gasteiger partial charge is 0.242 e. The summed E-state index contributed by atoms with van der Waals surface area (Å²) in [6, 6.07) is -0.318. The predicted octanol–water partition coefficient (Wildman–Crippen LogP) is 0.781. The molecule has 6 heteroatoms. The van der Waals surface area contributed by atoms with Crippen LogP contribution in [0, 0.1) is 11.8 Å². The molecular formula is C14H26ClN3O2. The van der Waals surface area contributed by atoms with E-state index < -0.39 is 0 Å². The van der Waals surface area contributed by atoms with Crippen molar-refractivity contribution < 1.29 is 9.59 Å². The van der Waals surface area contributed by atoms with Crippen LogP contribution in [0.5, 0.6) is 0 Å². The summed E-state index contributed by atoms with van der Waals surface area (Å²) in [6.45, 7) is 7.32. The van der Waals surface area contributed by atoms with Crippen molar-refractivity contribution in [1.82, 2.24) is 15.5 Å². The molecule has 2 amide bonds. The van der Waals surface area contributed by atoms with Gasteiger partial charge in [0.15, 0.2) is 0 Å². The zero-order chi connectivity index (χ0) is 13.8. The molecule has 2 saturated heterocycles. The number of carbonyl (C=O) groups excluding carboxylic acids is 2. The normalized spacial score (nSPS) is 25.6. The van der Waals surface area contributed by atoms with Crippen LogP contribution in [0.1, 0.15) is 33.1 Å². The van der Waals surface area contributed by atoms with Crippen molar-refractivity contribution in [2.24, 2.45) is 11.8 Å². The van der Waals surface area contributed by atoms with Crippen molar-refractivity contribution >= 4 is 24.2 Å². The number of carbonyl (C=O) groups is 2. The molecular weight excluding hydrogens is 278 g/mol. The van der Waals surface area contributed by atoms with Gasteiger partial charge in [-0.15, -0.1) is 12.4 Å². The lowest BCUT2D eigenvalue weighted by atomic mass is 9.84. The molecule has 5 nitrogen and oxygen atoms in total. The van der Waals surface area contributed by atoms with Crippen molar-refractivity contribution in [1.29, 1.82) is 0 Å². The van der Waals surface area contributed by atoms with Crippen LogP contribution in [0.4, 0.5) is 0 Å². The van der Waals surface area contributed by atoms with Crippen LogP contribution in [-0.2, 0) is 9.59 Å². The summed E-state index contributed by atoms with van der Waals surface area (Å²) in [5.74, 6) is 1.15. The highest BCUT2D eigenvalue weighted by Crippen LogP contribution is 2.25. The third-order valence-corrected chi connectivity index (χ3v) is 4.50. The Bertz CT molecular complexity index is 345. The Balaban J connectivity index is 0.00000200. The van der Waals surface area contributed by atoms with Gasteiger partial charge in [-0.05, 0) is 44.7 Å². The Morgan fingerprint density at radius 2 is 2.00 bits per heavy atom. The molecule has 2 N–H and O–H groups in total. The number of nitrogens with one attached hydrogen (secondary N) is 2. The second-order valence-electron chi connectivity index (χ2n) is 5.82. The lowest BCUT2D eigenvalue weighted by Crippen LogP contribution is -2.56. The lowest BCUT2D eigenvalue weighted by Gasteiger charge is -2.35. The summed E-state index contributed by atoms with van der Waals surface area (Å²) >= 11 is 0. The summed E-state index contributed by atoms with van der Waals surface area (Å²) in [7, 11) is 0. The van der Waals surface area contributed by atoms with Crippen LogP contribution < -0.4 is 10.6 Å². The highest BCUT2D eigenvalue weighted by atomic mass is 35.5. The number of piperazine rings is 1. The Hall–Kier alpha value is -0.810. The number of amides is 2. The number of halogens is 1. The first kappa shape index (κ1) is 17.2. The molecule has 0 spiro atoms. The molecule has 0 saturated carbocycles. The molecule has 2 rings (SSSR count). The van der Waals surface area contributed by atoms with E-state index in [1.807, 2.05) is 6.92 Å². The maximum absolute atomic E-state index is 12.3. The number of nitrogens with zero attached hydrogens (tertiary/aromatic N) is 1. The van der Waals surface area contributed by atoms with Crippen LogP contribution >= 0.6 is 12.4 Å². The van der Waals surface area contributed by atoms with Crippen molar-refractivity contribution in [3.05, 3.63) is 0 Å². The van der Waals surface area contributed by atoms with Crippen LogP contribution in [-0.4, -0.2) is 48.9 Å². The van der Waals surface area contributed by atoms with E-state index in [2.05, 4.69) is 17.6 Å². The second kappa shape index (κ2) is 7.84. The van der Waals surface area contributed by atoms with E-state index in [-0.39, 0.29) is 30.3 Å². The molecule has 0 aromatic heterocycles. The maximum atomic E-state index is 12.3. The molecule has 2 unspecified atom stereocenters. The van der Waals surface area contributed by atoms with Crippen molar-refractivity contribution in [3.63, 3.8) is 0 Å². The van der Waals surface area contributed by atoms with Crippen molar-refractivity contribution in [2.75, 3.05) is 26.2 Å². The Morgan fingerprint density at radius 1 is 1.35 bits per heavy atom. The highest BCUT2D eigenvalue weighted by Gasteiger charge is 2.31. The Morgan fingerprint density at radius 3 is 2.65 bits per heavy atom. The first-order chi connectivity index (χ1) is 9.09. The summed E-state index contributed by atoms with van der Waals surface area (Å²) in [6.07, 6.45) is 2.89. The van der Waals surface area contributed by atoms with Crippen molar-refractivity contribution in [3.8, 4) is 0 Å². The standard InChI is InChI=1S/C14H25N3O2.ClH/c1-10(12-3-5-15-6-4-12)9-13(18)17-8-7-16-14(19)11(17)2;/h10-12,15H,3-9H2,1-2H3,(H,16,19);1H. The number of piperidine rings is 1. The van der Waals surface area contributed by atoms with Crippen molar-refractivity contribution in [2.45, 2.75) is 39.2 Å². The van der Waals surface area contributed by atoms with E-state index in [4.69, 9.17) is 0 Å². The SMILES string of the molecule is CC(CC(=O)N1CCNC(=O)C1C)C1CCNCC1.Cl. The fraction of sp³-hybridized carbons (Fsp3) is 0.857. The summed E-state index contributed by atoms with van der Waals surface area (Å²) < 4.78 is 0. The average molecular weight is 304 g/mol. The van der Waals surface area contributed by atoms with Crippen LogP contribution in [0.2, 0.25) is 0 Å². The van der Waals surface area contributed by atoms with E-state index in [0.717, 1.165) is 25.9 Å². The van der Waals surface area contributed by atoms with Gasteiger partial charge >= 0.3 is 0 Å². The van der Waals surface area contributed by atoms with Gasteiger partial charge in [0.25, 0.3) is 0 Å². The molecule has 0 aromatic carbocycles. The van der Waals surface area contributed by atoms with Gasteiger partial charge in [-0.25, -0.2) is 0 Å². The molecule has 0 aliphatic carbocycles. The van der Waals surface area contributed by atoms with Crippen LogP contribution in [0.15, 0.2) is 0 Å². The van der Waals surface area contributed by atoms with Crippen LogP contribution in [0.25, 0.3) is 0 Å². The zero-order valence-corrected chi connectivity index (χ0v) is 13.2. The fourth-order valence-corrected chi connectivity index (χ4v) is 3.10. The molecule has 2 fully saturated rings. The summed E-state index contributed by atoms with van der Waals surface area (Å²) in [5.41, 5.74) is 0. The highest BCUT2D eigenvalue weighted by molar-refractivity contribution is 5.88. The minimum absolute atomic E-state index is 0. The van der Waals surface area contributed by atoms with Gasteiger partial charge in [0, 0.05) is 19.5 Å². The van der Waals surface area contributed by atoms with Gasteiger partial charge in [-0.1, -0.05) is 6.92 Å². The monoisotopic (exact) mass is 303 g/mol. The van der Waals surface area contributed by atoms with Gasteiger partial charge in [-0.2, -0.15) is 0 Å². The van der Waals surface area contributed by atoms with Gasteiger partial charge < -0.3 is 15.5 Å². The summed E-state index contributed by atoms with van der Waals surface area (Å²) in [5, 5.41) is 6.14. The van der Waals surface area contributed by atoms with Gasteiger partial charge in [0.2, 0.25) is 11.8 Å². The van der Waals surface area contributed by atoms with Gasteiger partial charge in [0.05, 0.1) is 0 Å². The average Bonchev–Trinajstić information content (AvgIpc) is 2.42. The van der Waals surface area contributed by atoms with Crippen LogP contribution in [0.3, 0.4) is 0 Å². The molecule has 2 heterocycles. The molecule has 116 valence electrons. The Kier molecular flexibility index (Phi) is 6.76. The van der Waals surface area contributed by atoms with E-state index in [1.165, 1.54) is 0 Å². The molecule has 0 radical (unpaired) electrons. The summed E-state index contributed by atoms with van der Waals surface area (Å²) in [4.78, 5) is 25.7. The first-order valence-corrected chi connectivity index (χ1v) is 7.37. The first-order valence-electron chi connectivity index (χ1n) is 7.37. The minimum atomic E-state index is -0.318. The maximum Gasteiger partial charge on any atom is 0.242 e. The van der Waals surface area contributed by atoms with E-state index in [1.54, 1.807) is 4.90 Å². The molecule has 2 aliphatic heterocycles. The molecule has 2 atom stereocenters. The Labute approximate surface area is 127 Å². The molecule has 2 aliphatic rings. The largest absolute Gasteiger partial charge is 0.353 e. The van der Waals surface area contributed by atoms with E-state index in [9.17, 15) is 9.59 Å². The third-order valence-electron chi connectivity index (χ3n) is 4.50. The van der Waals surface area contributed by atoms with Gasteiger partial charge in [0.1, 0.15) is 6.04 Å².